The van der Waals surface area contributed by atoms with E-state index in [0.717, 1.165) is 6.42 Å². The third-order valence-electron chi connectivity index (χ3n) is 15.3. The molecule has 3 fully saturated rings. The van der Waals surface area contributed by atoms with Crippen molar-refractivity contribution in [1.29, 1.82) is 0 Å². The average Bonchev–Trinajstić information content (AvgIpc) is 1.27. The van der Waals surface area contributed by atoms with Gasteiger partial charge in [0.05, 0.1) is 96.2 Å². The first-order chi connectivity index (χ1) is 47.8. The highest BCUT2D eigenvalue weighted by atomic mass is 16.6. The first-order valence-corrected chi connectivity index (χ1v) is 31.9. The number of carbonyl (C=O) groups is 3. The van der Waals surface area contributed by atoms with E-state index in [0.29, 0.717) is 82.0 Å². The van der Waals surface area contributed by atoms with Crippen LogP contribution in [-0.2, 0) is 28.4 Å². The van der Waals surface area contributed by atoms with Crippen molar-refractivity contribution in [3.63, 3.8) is 0 Å². The molecule has 0 unspecified atom stereocenters. The van der Waals surface area contributed by atoms with Crippen LogP contribution >= 0.6 is 0 Å². The van der Waals surface area contributed by atoms with Crippen LogP contribution in [0.15, 0.2) is 87.6 Å². The summed E-state index contributed by atoms with van der Waals surface area (Å²) in [4.78, 5) is 84.3. The van der Waals surface area contributed by atoms with Crippen LogP contribution in [0.4, 0.5) is 48.9 Å². The predicted molar refractivity (Wildman–Crippen MR) is 345 cm³/mol. The number of nitrogens with zero attached hydrogens (tertiary/aromatic N) is 6. The fraction of sp³-hybridized carbons (Fsp3) is 0.476. The number of anilines is 6. The summed E-state index contributed by atoms with van der Waals surface area (Å²) in [5.74, 6) is 4.51. The Morgan fingerprint density at radius 2 is 0.838 bits per heavy atom. The Bertz CT molecular complexity index is 3990. The fourth-order valence-corrected chi connectivity index (χ4v) is 10.5. The molecule has 36 nitrogen and oxygen atoms in total. The molecular formula is C63H78N12O24. The predicted octanol–water partition coefficient (Wildman–Crippen LogP) is 3.60. The van der Waals surface area contributed by atoms with Crippen molar-refractivity contribution in [2.75, 3.05) is 95.0 Å². The van der Waals surface area contributed by atoms with Gasteiger partial charge in [0.2, 0.25) is 0 Å². The molecule has 0 aliphatic carbocycles. The highest BCUT2D eigenvalue weighted by Crippen LogP contribution is 2.48. The standard InChI is InChI=1S/C22H28N4O8.C21H26N4O8.C20H24N4O8/c1-12(2)11-32-22(30)23-6-7-31-14-4-3-5-15-19(14)24-20-16(33-15)9-26(21(29)25-20)18-8-13(28)17(10-27)34-18;1-2-7-31-21(29)22-6-8-30-13-4-3-5-14-18(13)23-19-15(32-14)10-25(20(28)24-19)17-9-12(27)16(11-26)33-17;1-2-29-20(28)21-6-7-30-12-4-3-5-13-17(12)22-18-14(31-13)9-24(19(27)23-18)16-8-11(26)15(10-25)32-16/h3-5,9,12-13,17-18,27-28H,6-8,10-11H2,1-2H3,(H,23,30)(H,24,25,29);3-5,10,12,16-17,26-27H,2,6-9,11H2,1H3,(H,22,29)(H,23,24,28);3-5,9,11,15-16,25-26H,2,6-8,10H2,1H3,(H,21,28)(H,22,23,27)/t13-,17-,18-;12-,16-,17-;11-,15-,16-/m111/s1. The van der Waals surface area contributed by atoms with E-state index in [9.17, 15) is 59.4 Å². The lowest BCUT2D eigenvalue weighted by Crippen LogP contribution is -2.30. The van der Waals surface area contributed by atoms with Gasteiger partial charge in [-0.15, -0.1) is 0 Å². The second kappa shape index (κ2) is 33.5. The van der Waals surface area contributed by atoms with Gasteiger partial charge < -0.3 is 119 Å². The summed E-state index contributed by atoms with van der Waals surface area (Å²) in [6.45, 7) is 8.72. The van der Waals surface area contributed by atoms with Gasteiger partial charge in [0.25, 0.3) is 0 Å². The monoisotopic (exact) mass is 1390 g/mol. The van der Waals surface area contributed by atoms with E-state index < -0.39 is 90.7 Å². The van der Waals surface area contributed by atoms with Gasteiger partial charge in [-0.05, 0) is 55.7 Å². The van der Waals surface area contributed by atoms with Gasteiger partial charge >= 0.3 is 35.3 Å². The topological polar surface area (TPSA) is 460 Å². The smallest absolute Gasteiger partial charge is 0.407 e. The molecule has 9 atom stereocenters. The van der Waals surface area contributed by atoms with Crippen molar-refractivity contribution < 1.29 is 102 Å². The number of nitrogens with one attached hydrogen (secondary N) is 6. The molecule has 6 aromatic rings. The van der Waals surface area contributed by atoms with Gasteiger partial charge in [0.1, 0.15) is 91.1 Å². The second-order valence-electron chi connectivity index (χ2n) is 23.0. The number of aliphatic hydroxyl groups is 6. The number of ether oxygens (including phenoxy) is 12. The first-order valence-electron chi connectivity index (χ1n) is 31.9. The molecule has 6 aliphatic heterocycles. The Hall–Kier alpha value is -10.1. The van der Waals surface area contributed by atoms with E-state index >= 15 is 0 Å². The van der Waals surface area contributed by atoms with Crippen molar-refractivity contribution >= 4 is 52.8 Å². The molecule has 0 radical (unpaired) electrons. The minimum Gasteiger partial charge on any atom is -0.489 e. The molecule has 3 aromatic heterocycles. The Morgan fingerprint density at radius 1 is 0.505 bits per heavy atom. The number of benzene rings is 3. The van der Waals surface area contributed by atoms with Crippen LogP contribution in [0.5, 0.6) is 51.7 Å². The minimum atomic E-state index is -0.885. The third kappa shape index (κ3) is 17.8. The van der Waals surface area contributed by atoms with Crippen molar-refractivity contribution in [2.45, 2.75) is 109 Å². The number of hydrogen-bond acceptors (Lipinski definition) is 30. The van der Waals surface area contributed by atoms with Crippen molar-refractivity contribution in [3.8, 4) is 51.7 Å². The van der Waals surface area contributed by atoms with Crippen molar-refractivity contribution in [1.82, 2.24) is 44.6 Å². The zero-order valence-corrected chi connectivity index (χ0v) is 54.2. The fourth-order valence-electron chi connectivity index (χ4n) is 10.5. The molecular weight excluding hydrogens is 1310 g/mol. The number of rotatable bonds is 23. The molecule has 36 heteroatoms. The number of hydrogen-bond donors (Lipinski definition) is 12. The number of amides is 3. The van der Waals surface area contributed by atoms with Gasteiger partial charge in [-0.2, -0.15) is 15.0 Å². The summed E-state index contributed by atoms with van der Waals surface area (Å²) in [6.07, 6.45) is -3.23. The zero-order chi connectivity index (χ0) is 70.3. The molecule has 534 valence electrons. The minimum absolute atomic E-state index is 0.145. The van der Waals surface area contributed by atoms with E-state index in [1.54, 1.807) is 61.5 Å². The summed E-state index contributed by atoms with van der Waals surface area (Å²) >= 11 is 0. The van der Waals surface area contributed by atoms with Gasteiger partial charge in [0.15, 0.2) is 52.0 Å². The number of aliphatic hydroxyl groups excluding tert-OH is 6. The average molecular weight is 1390 g/mol. The van der Waals surface area contributed by atoms with Crippen LogP contribution in [-0.4, -0.2) is 193 Å². The molecule has 0 bridgehead atoms. The molecule has 12 N–H and O–H groups in total. The van der Waals surface area contributed by atoms with Crippen LogP contribution < -0.4 is 77.4 Å². The van der Waals surface area contributed by atoms with Gasteiger partial charge in [0, 0.05) is 19.3 Å². The summed E-state index contributed by atoms with van der Waals surface area (Å²) < 4.78 is 70.1. The van der Waals surface area contributed by atoms with E-state index in [1.165, 1.54) is 32.3 Å². The summed E-state index contributed by atoms with van der Waals surface area (Å²) in [5, 5.41) is 74.6. The number of alkyl carbamates (subject to hydrolysis) is 3. The van der Waals surface area contributed by atoms with E-state index in [4.69, 9.17) is 56.8 Å². The van der Waals surface area contributed by atoms with Gasteiger partial charge in [-0.25, -0.2) is 28.8 Å². The molecule has 0 spiro atoms. The van der Waals surface area contributed by atoms with Crippen molar-refractivity contribution in [3.05, 3.63) is 105 Å². The quantitative estimate of drug-likeness (QED) is 0.0321. The molecule has 3 saturated heterocycles. The lowest BCUT2D eigenvalue weighted by Gasteiger charge is -2.24. The van der Waals surface area contributed by atoms with Crippen LogP contribution in [0.3, 0.4) is 0 Å². The molecule has 99 heavy (non-hydrogen) atoms. The van der Waals surface area contributed by atoms with Gasteiger partial charge in [-0.1, -0.05) is 39.0 Å². The van der Waals surface area contributed by atoms with Crippen LogP contribution in [0, 0.1) is 5.92 Å². The van der Waals surface area contributed by atoms with Crippen molar-refractivity contribution in [2.24, 2.45) is 5.92 Å². The molecule has 9 heterocycles. The van der Waals surface area contributed by atoms with E-state index in [1.807, 2.05) is 20.8 Å². The number of para-hydroxylation sites is 3. The molecule has 12 rings (SSSR count). The lowest BCUT2D eigenvalue weighted by molar-refractivity contribution is -0.0459. The normalized spacial score (nSPS) is 20.8. The van der Waals surface area contributed by atoms with Gasteiger partial charge in [-0.3, -0.25) is 13.7 Å². The molecule has 0 saturated carbocycles. The first kappa shape index (κ1) is 71.7. The summed E-state index contributed by atoms with van der Waals surface area (Å²) in [7, 11) is 0. The van der Waals surface area contributed by atoms with Crippen LogP contribution in [0.25, 0.3) is 0 Å². The lowest BCUT2D eigenvalue weighted by atomic mass is 10.2. The summed E-state index contributed by atoms with van der Waals surface area (Å²) in [5.41, 5.74) is -0.315. The Morgan fingerprint density at radius 3 is 1.14 bits per heavy atom. The summed E-state index contributed by atoms with van der Waals surface area (Å²) in [6, 6.07) is 15.6. The van der Waals surface area contributed by atoms with Crippen LogP contribution in [0.2, 0.25) is 0 Å². The maximum Gasteiger partial charge on any atom is 0.407 e. The Labute approximate surface area is 563 Å². The largest absolute Gasteiger partial charge is 0.489 e. The second-order valence-corrected chi connectivity index (χ2v) is 23.0. The molecule has 6 aliphatic rings. The Kier molecular flexibility index (Phi) is 24.2. The van der Waals surface area contributed by atoms with E-state index in [2.05, 4.69) is 46.9 Å². The Balaban J connectivity index is 0.000000161. The highest BCUT2D eigenvalue weighted by Gasteiger charge is 2.39. The number of aromatic nitrogens is 6. The number of fused-ring (bicyclic) bond motifs is 6. The van der Waals surface area contributed by atoms with Crippen LogP contribution in [0.1, 0.15) is 72.1 Å². The highest BCUT2D eigenvalue weighted by molar-refractivity contribution is 5.80. The SMILES string of the molecule is CC(C)COC(=O)NCCOc1cccc2c1Nc1nc(=O)n([C@H]3C[C@@H](O)[C@@H](CO)O3)cc1O2.CCCOC(=O)NCCOc1cccc2c1Nc1nc(=O)n([C@H]3C[C@@H](O)[C@@H](CO)O3)cc1O2.CCOC(=O)NCCOc1cccc2c1Nc1nc(=O)n([C@H]3C[C@@H](O)[C@@H](CO)O3)cc1O2. The molecule has 3 aromatic carbocycles. The maximum atomic E-state index is 12.6. The van der Waals surface area contributed by atoms with E-state index in [-0.39, 0.29) is 109 Å². The molecule has 3 amide bonds. The number of carbonyl (C=O) groups excluding carboxylic acids is 3. The zero-order valence-electron chi connectivity index (χ0n) is 54.2. The third-order valence-corrected chi connectivity index (χ3v) is 15.3. The maximum absolute atomic E-state index is 12.6.